The summed E-state index contributed by atoms with van der Waals surface area (Å²) in [6.07, 6.45) is 0. The van der Waals surface area contributed by atoms with Gasteiger partial charge in [0.1, 0.15) is 16.4 Å². The van der Waals surface area contributed by atoms with E-state index in [2.05, 4.69) is 20.2 Å². The number of hydrogen-bond donors (Lipinski definition) is 2. The maximum absolute atomic E-state index is 11.1. The van der Waals surface area contributed by atoms with E-state index in [-0.39, 0.29) is 32.5 Å². The first kappa shape index (κ1) is 17.5. The Hall–Kier alpha value is -2.35. The Labute approximate surface area is 155 Å². The van der Waals surface area contributed by atoms with Crippen molar-refractivity contribution in [3.05, 3.63) is 44.7 Å². The molecule has 25 heavy (non-hydrogen) atoms. The third-order valence-corrected chi connectivity index (χ3v) is 4.45. The normalized spacial score (nSPS) is 11.5. The Morgan fingerprint density at radius 3 is 2.56 bits per heavy atom. The summed E-state index contributed by atoms with van der Waals surface area (Å²) in [7, 11) is 0. The number of aryl methyl sites for hydroxylation is 1. The van der Waals surface area contributed by atoms with Crippen molar-refractivity contribution in [2.24, 2.45) is 10.2 Å². The molecule has 3 rings (SSSR count). The van der Waals surface area contributed by atoms with Gasteiger partial charge in [0, 0.05) is 5.39 Å². The molecule has 2 N–H and O–H groups in total. The molecule has 1 aromatic carbocycles. The zero-order chi connectivity index (χ0) is 18.3. The minimum atomic E-state index is -1.63. The van der Waals surface area contributed by atoms with Gasteiger partial charge < -0.3 is 20.0 Å². The fourth-order valence-corrected chi connectivity index (χ4v) is 2.85. The number of nitrogens with zero attached hydrogens (tertiary/aromatic N) is 3. The van der Waals surface area contributed by atoms with Crippen LogP contribution in [0.3, 0.4) is 0 Å². The molecule has 0 unspecified atom stereocenters. The van der Waals surface area contributed by atoms with Gasteiger partial charge in [-0.05, 0) is 19.1 Å². The lowest BCUT2D eigenvalue weighted by molar-refractivity contribution is -0.255. The number of hydrogen-bond acceptors (Lipinski definition) is 6. The van der Waals surface area contributed by atoms with Crippen LogP contribution in [0.4, 0.5) is 11.4 Å². The molecule has 0 saturated heterocycles. The minimum absolute atomic E-state index is 0.147. The number of carbonyl (C=O) groups excluding carboxylic acids is 1. The van der Waals surface area contributed by atoms with Gasteiger partial charge in [-0.1, -0.05) is 46.4 Å². The number of aromatic nitrogens is 2. The van der Waals surface area contributed by atoms with Crippen LogP contribution in [0.15, 0.2) is 28.4 Å². The highest BCUT2D eigenvalue weighted by molar-refractivity contribution is 6.45. The molecule has 0 aliphatic heterocycles. The van der Waals surface area contributed by atoms with Gasteiger partial charge in [-0.25, -0.2) is 4.98 Å². The molecule has 0 spiro atoms. The number of carboxylic acids is 1. The third-order valence-electron chi connectivity index (χ3n) is 3.37. The van der Waals surface area contributed by atoms with Crippen molar-refractivity contribution < 1.29 is 15.0 Å². The SMILES string of the molecule is Cc1ccc2[nH]c(O)c(N=Nc3c(Cl)c(Cl)nc(C(=O)[O-])c3Cl)c2c1. The Morgan fingerprint density at radius 2 is 1.88 bits per heavy atom. The van der Waals surface area contributed by atoms with Crippen molar-refractivity contribution >= 4 is 63.0 Å². The average Bonchev–Trinajstić information content (AvgIpc) is 2.85. The fraction of sp³-hybridized carbons (Fsp3) is 0.0667. The molecular formula is C15H8Cl3N4O3-. The standard InChI is InChI=1S/C15H9Cl3N4O3/c1-5-2-3-7-6(4-5)10(14(23)19-7)21-22-11-8(16)12(15(24)25)20-13(18)9(11)17/h2-4,19,23H,1H3,(H,24,25)/p-1. The quantitative estimate of drug-likeness (QED) is 0.505. The molecule has 128 valence electrons. The highest BCUT2D eigenvalue weighted by atomic mass is 35.5. The van der Waals surface area contributed by atoms with E-state index >= 15 is 0 Å². The second-order valence-electron chi connectivity index (χ2n) is 5.09. The zero-order valence-corrected chi connectivity index (χ0v) is 14.7. The summed E-state index contributed by atoms with van der Waals surface area (Å²) in [5.74, 6) is -1.84. The van der Waals surface area contributed by atoms with Crippen molar-refractivity contribution in [2.75, 3.05) is 0 Å². The van der Waals surface area contributed by atoms with E-state index in [9.17, 15) is 15.0 Å². The number of rotatable bonds is 3. The monoisotopic (exact) mass is 397 g/mol. The second kappa shape index (κ2) is 6.51. The summed E-state index contributed by atoms with van der Waals surface area (Å²) in [6, 6.07) is 5.44. The summed E-state index contributed by atoms with van der Waals surface area (Å²) >= 11 is 17.7. The summed E-state index contributed by atoms with van der Waals surface area (Å²) < 4.78 is 0. The number of aromatic carboxylic acids is 1. The van der Waals surface area contributed by atoms with Gasteiger partial charge in [-0.15, -0.1) is 10.2 Å². The van der Waals surface area contributed by atoms with E-state index in [0.717, 1.165) is 5.56 Å². The first-order valence-electron chi connectivity index (χ1n) is 6.78. The summed E-state index contributed by atoms with van der Waals surface area (Å²) in [4.78, 5) is 17.4. The van der Waals surface area contributed by atoms with Crippen LogP contribution in [-0.4, -0.2) is 21.0 Å². The molecule has 0 radical (unpaired) electrons. The van der Waals surface area contributed by atoms with Crippen molar-refractivity contribution in [1.82, 2.24) is 9.97 Å². The van der Waals surface area contributed by atoms with Crippen LogP contribution < -0.4 is 5.11 Å². The van der Waals surface area contributed by atoms with Crippen LogP contribution in [0.25, 0.3) is 10.9 Å². The van der Waals surface area contributed by atoms with Crippen molar-refractivity contribution in [3.8, 4) is 5.88 Å². The molecule has 10 heteroatoms. The predicted octanol–water partition coefficient (Wildman–Crippen LogP) is 4.32. The zero-order valence-electron chi connectivity index (χ0n) is 12.5. The summed E-state index contributed by atoms with van der Waals surface area (Å²) in [5.41, 5.74) is 0.948. The Morgan fingerprint density at radius 1 is 1.20 bits per heavy atom. The van der Waals surface area contributed by atoms with Crippen LogP contribution in [-0.2, 0) is 0 Å². The Kier molecular flexibility index (Phi) is 4.55. The van der Waals surface area contributed by atoms with Crippen LogP contribution in [0.1, 0.15) is 16.1 Å². The number of halogens is 3. The number of pyridine rings is 1. The third kappa shape index (κ3) is 3.13. The highest BCUT2D eigenvalue weighted by Gasteiger charge is 2.18. The van der Waals surface area contributed by atoms with Gasteiger partial charge in [0.25, 0.3) is 0 Å². The highest BCUT2D eigenvalue weighted by Crippen LogP contribution is 2.42. The molecule has 0 aliphatic rings. The molecule has 7 nitrogen and oxygen atoms in total. The molecule has 0 fully saturated rings. The van der Waals surface area contributed by atoms with Gasteiger partial charge in [0.2, 0.25) is 5.88 Å². The van der Waals surface area contributed by atoms with Gasteiger partial charge in [0.05, 0.1) is 16.5 Å². The number of aromatic amines is 1. The summed E-state index contributed by atoms with van der Waals surface area (Å²) in [6.45, 7) is 1.88. The maximum Gasteiger partial charge on any atom is 0.218 e. The second-order valence-corrected chi connectivity index (χ2v) is 6.20. The molecule has 2 heterocycles. The topological polar surface area (TPSA) is 114 Å². The average molecular weight is 399 g/mol. The van der Waals surface area contributed by atoms with E-state index in [1.54, 1.807) is 12.1 Å². The first-order valence-corrected chi connectivity index (χ1v) is 7.92. The number of fused-ring (bicyclic) bond motifs is 1. The molecule has 0 aliphatic carbocycles. The predicted molar refractivity (Wildman–Crippen MR) is 92.5 cm³/mol. The van der Waals surface area contributed by atoms with Gasteiger partial charge in [-0.3, -0.25) is 0 Å². The molecular weight excluding hydrogens is 391 g/mol. The molecule has 0 saturated carbocycles. The van der Waals surface area contributed by atoms with E-state index < -0.39 is 11.7 Å². The molecule has 2 aromatic heterocycles. The lowest BCUT2D eigenvalue weighted by atomic mass is 10.2. The van der Waals surface area contributed by atoms with Crippen LogP contribution in [0.2, 0.25) is 15.2 Å². The van der Waals surface area contributed by atoms with Crippen LogP contribution in [0.5, 0.6) is 5.88 Å². The number of aromatic hydroxyl groups is 1. The van der Waals surface area contributed by atoms with E-state index in [0.29, 0.717) is 10.9 Å². The first-order chi connectivity index (χ1) is 11.8. The fourth-order valence-electron chi connectivity index (χ4n) is 2.20. The van der Waals surface area contributed by atoms with Crippen molar-refractivity contribution in [2.45, 2.75) is 6.92 Å². The largest absolute Gasteiger partial charge is 0.543 e. The number of azo groups is 1. The Balaban J connectivity index is 2.17. The molecule has 0 bridgehead atoms. The van der Waals surface area contributed by atoms with Crippen molar-refractivity contribution in [3.63, 3.8) is 0 Å². The Bertz CT molecular complexity index is 1050. The maximum atomic E-state index is 11.1. The van der Waals surface area contributed by atoms with E-state index in [1.165, 1.54) is 0 Å². The van der Waals surface area contributed by atoms with Gasteiger partial charge in [-0.2, -0.15) is 0 Å². The number of H-pyrrole nitrogens is 1. The summed E-state index contributed by atoms with van der Waals surface area (Å²) in [5, 5.41) is 28.7. The molecule has 0 atom stereocenters. The van der Waals surface area contributed by atoms with E-state index in [4.69, 9.17) is 34.8 Å². The molecule has 3 aromatic rings. The number of nitrogens with one attached hydrogen (secondary N) is 1. The lowest BCUT2D eigenvalue weighted by Crippen LogP contribution is -2.24. The van der Waals surface area contributed by atoms with Gasteiger partial charge in [0.15, 0.2) is 10.8 Å². The number of carbonyl (C=O) groups is 1. The molecule has 0 amide bonds. The lowest BCUT2D eigenvalue weighted by Gasteiger charge is -2.08. The smallest absolute Gasteiger partial charge is 0.218 e. The number of carboxylic acid groups (broad SMARTS) is 1. The van der Waals surface area contributed by atoms with Crippen molar-refractivity contribution in [1.29, 1.82) is 0 Å². The van der Waals surface area contributed by atoms with Gasteiger partial charge >= 0.3 is 0 Å². The van der Waals surface area contributed by atoms with E-state index in [1.807, 2.05) is 13.0 Å². The van der Waals surface area contributed by atoms with Crippen LogP contribution >= 0.6 is 34.8 Å². The van der Waals surface area contributed by atoms with Crippen LogP contribution in [0, 0.1) is 6.92 Å². The number of benzene rings is 1. The minimum Gasteiger partial charge on any atom is -0.543 e.